The van der Waals surface area contributed by atoms with Gasteiger partial charge in [0.15, 0.2) is 11.5 Å². The first kappa shape index (κ1) is 15.2. The Morgan fingerprint density at radius 2 is 2.09 bits per heavy atom. The van der Waals surface area contributed by atoms with Crippen molar-refractivity contribution in [2.24, 2.45) is 0 Å². The Balaban J connectivity index is 1.52. The van der Waals surface area contributed by atoms with Crippen LogP contribution < -0.4 is 5.32 Å². The fourth-order valence-corrected chi connectivity index (χ4v) is 2.92. The maximum absolute atomic E-state index is 5.11. The van der Waals surface area contributed by atoms with Crippen molar-refractivity contribution in [1.82, 2.24) is 24.7 Å². The molecule has 3 rings (SSSR count). The monoisotopic (exact) mass is 304 g/mol. The fourth-order valence-electron chi connectivity index (χ4n) is 2.92. The molecule has 1 fully saturated rings. The highest BCUT2D eigenvalue weighted by atomic mass is 16.5. The number of anilines is 1. The molecular formula is C15H24N6O. The van der Waals surface area contributed by atoms with Crippen molar-refractivity contribution in [3.05, 3.63) is 18.0 Å². The zero-order valence-corrected chi connectivity index (χ0v) is 13.3. The summed E-state index contributed by atoms with van der Waals surface area (Å²) >= 11 is 0. The van der Waals surface area contributed by atoms with Gasteiger partial charge in [0.2, 0.25) is 0 Å². The molecule has 3 heterocycles. The summed E-state index contributed by atoms with van der Waals surface area (Å²) in [5.41, 5.74) is 0.788. The molecule has 1 N–H and O–H groups in total. The van der Waals surface area contributed by atoms with Crippen LogP contribution in [0.4, 0.5) is 5.82 Å². The maximum atomic E-state index is 5.11. The van der Waals surface area contributed by atoms with E-state index < -0.39 is 0 Å². The minimum atomic E-state index is 0.486. The van der Waals surface area contributed by atoms with Gasteiger partial charge in [-0.1, -0.05) is 0 Å². The second-order valence-electron chi connectivity index (χ2n) is 5.84. The molecule has 0 radical (unpaired) electrons. The summed E-state index contributed by atoms with van der Waals surface area (Å²) in [5, 5.41) is 16.2. The van der Waals surface area contributed by atoms with Crippen LogP contribution in [0, 0.1) is 6.92 Å². The first-order chi connectivity index (χ1) is 10.8. The third-order valence-electron chi connectivity index (χ3n) is 4.18. The van der Waals surface area contributed by atoms with E-state index in [1.54, 1.807) is 11.6 Å². The summed E-state index contributed by atoms with van der Waals surface area (Å²) in [6, 6.07) is 4.42. The van der Waals surface area contributed by atoms with E-state index in [1.807, 2.05) is 19.1 Å². The summed E-state index contributed by atoms with van der Waals surface area (Å²) < 4.78 is 6.89. The molecule has 0 bridgehead atoms. The smallest absolute Gasteiger partial charge is 0.178 e. The number of nitrogens with zero attached hydrogens (tertiary/aromatic N) is 5. The molecule has 1 aliphatic heterocycles. The predicted octanol–water partition coefficient (Wildman–Crippen LogP) is 1.35. The van der Waals surface area contributed by atoms with Crippen LogP contribution in [0.25, 0.3) is 5.65 Å². The summed E-state index contributed by atoms with van der Waals surface area (Å²) in [5.74, 6) is 1.71. The number of likely N-dealkylation sites (tertiary alicyclic amines) is 1. The fraction of sp³-hybridized carbons (Fsp3) is 0.667. The number of hydrogen-bond donors (Lipinski definition) is 1. The molecule has 1 aliphatic rings. The second kappa shape index (κ2) is 7.02. The first-order valence-electron chi connectivity index (χ1n) is 7.93. The summed E-state index contributed by atoms with van der Waals surface area (Å²) in [4.78, 5) is 2.51. The number of fused-ring (bicyclic) bond motifs is 1. The molecule has 7 nitrogen and oxygen atoms in total. The quantitative estimate of drug-likeness (QED) is 0.813. The zero-order valence-electron chi connectivity index (χ0n) is 13.3. The van der Waals surface area contributed by atoms with E-state index in [0.29, 0.717) is 6.04 Å². The number of rotatable bonds is 6. The first-order valence-corrected chi connectivity index (χ1v) is 7.93. The number of piperidine rings is 1. The molecule has 2 aromatic heterocycles. The lowest BCUT2D eigenvalue weighted by atomic mass is 10.0. The Hall–Kier alpha value is -1.73. The Morgan fingerprint density at radius 3 is 2.86 bits per heavy atom. The Labute approximate surface area is 130 Å². The van der Waals surface area contributed by atoms with Gasteiger partial charge in [-0.05, 0) is 38.3 Å². The Kier molecular flexibility index (Phi) is 4.84. The van der Waals surface area contributed by atoms with Crippen molar-refractivity contribution in [2.45, 2.75) is 32.2 Å². The Morgan fingerprint density at radius 1 is 1.27 bits per heavy atom. The number of nitrogens with one attached hydrogen (secondary N) is 1. The third kappa shape index (κ3) is 3.53. The van der Waals surface area contributed by atoms with Crippen molar-refractivity contribution in [1.29, 1.82) is 0 Å². The van der Waals surface area contributed by atoms with Gasteiger partial charge in [-0.2, -0.15) is 4.52 Å². The highest BCUT2D eigenvalue weighted by Crippen LogP contribution is 2.16. The summed E-state index contributed by atoms with van der Waals surface area (Å²) in [6.45, 7) is 6.16. The average molecular weight is 304 g/mol. The highest BCUT2D eigenvalue weighted by molar-refractivity contribution is 5.44. The molecule has 0 atom stereocenters. The molecule has 0 aliphatic carbocycles. The molecule has 0 spiro atoms. The van der Waals surface area contributed by atoms with E-state index in [9.17, 15) is 0 Å². The van der Waals surface area contributed by atoms with Crippen LogP contribution >= 0.6 is 0 Å². The topological polar surface area (TPSA) is 67.6 Å². The van der Waals surface area contributed by atoms with Crippen LogP contribution in [0.15, 0.2) is 12.1 Å². The average Bonchev–Trinajstić information content (AvgIpc) is 2.90. The van der Waals surface area contributed by atoms with E-state index in [0.717, 1.165) is 62.8 Å². The van der Waals surface area contributed by atoms with Crippen molar-refractivity contribution >= 4 is 11.5 Å². The number of ether oxygens (including phenoxy) is 1. The lowest BCUT2D eigenvalue weighted by molar-refractivity contribution is 0.159. The SMILES string of the molecule is COCCCN1CCC(Nc2ccc3nnc(C)n3n2)CC1. The van der Waals surface area contributed by atoms with Gasteiger partial charge in [0.1, 0.15) is 5.82 Å². The van der Waals surface area contributed by atoms with E-state index in [2.05, 4.69) is 25.5 Å². The van der Waals surface area contributed by atoms with Gasteiger partial charge in [-0.3, -0.25) is 0 Å². The number of methoxy groups -OCH3 is 1. The highest BCUT2D eigenvalue weighted by Gasteiger charge is 2.19. The molecule has 0 aromatic carbocycles. The summed E-state index contributed by atoms with van der Waals surface area (Å²) in [7, 11) is 1.76. The van der Waals surface area contributed by atoms with Crippen LogP contribution in [0.1, 0.15) is 25.1 Å². The zero-order chi connectivity index (χ0) is 15.4. The molecule has 2 aromatic rings. The molecule has 120 valence electrons. The van der Waals surface area contributed by atoms with Gasteiger partial charge in [-0.25, -0.2) is 0 Å². The Bertz CT molecular complexity index is 605. The van der Waals surface area contributed by atoms with Gasteiger partial charge < -0.3 is 15.0 Å². The number of hydrogen-bond acceptors (Lipinski definition) is 6. The lowest BCUT2D eigenvalue weighted by Crippen LogP contribution is -2.39. The molecule has 7 heteroatoms. The van der Waals surface area contributed by atoms with Crippen LogP contribution in [0.5, 0.6) is 0 Å². The normalized spacial score (nSPS) is 17.2. The summed E-state index contributed by atoms with van der Waals surface area (Å²) in [6.07, 6.45) is 3.40. The van der Waals surface area contributed by atoms with Gasteiger partial charge in [0.05, 0.1) is 0 Å². The molecule has 22 heavy (non-hydrogen) atoms. The standard InChI is InChI=1S/C15H24N6O/c1-12-17-18-15-5-4-14(19-21(12)15)16-13-6-9-20(10-7-13)8-3-11-22-2/h4-5,13H,3,6-11H2,1-2H3,(H,16,19). The number of aryl methyl sites for hydroxylation is 1. The molecular weight excluding hydrogens is 280 g/mol. The van der Waals surface area contributed by atoms with Gasteiger partial charge in [0, 0.05) is 39.4 Å². The van der Waals surface area contributed by atoms with E-state index in [1.165, 1.54) is 0 Å². The van der Waals surface area contributed by atoms with Crippen LogP contribution in [-0.2, 0) is 4.74 Å². The third-order valence-corrected chi connectivity index (χ3v) is 4.18. The molecule has 0 saturated carbocycles. The molecule has 0 amide bonds. The van der Waals surface area contributed by atoms with Gasteiger partial charge >= 0.3 is 0 Å². The van der Waals surface area contributed by atoms with Gasteiger partial charge in [-0.15, -0.1) is 15.3 Å². The lowest BCUT2D eigenvalue weighted by Gasteiger charge is -2.32. The molecule has 1 saturated heterocycles. The van der Waals surface area contributed by atoms with Crippen molar-refractivity contribution < 1.29 is 4.74 Å². The van der Waals surface area contributed by atoms with E-state index >= 15 is 0 Å². The van der Waals surface area contributed by atoms with Crippen LogP contribution in [-0.4, -0.2) is 64.1 Å². The molecule has 0 unspecified atom stereocenters. The second-order valence-corrected chi connectivity index (χ2v) is 5.84. The predicted molar refractivity (Wildman–Crippen MR) is 85.1 cm³/mol. The van der Waals surface area contributed by atoms with Crippen molar-refractivity contribution in [2.75, 3.05) is 38.7 Å². The van der Waals surface area contributed by atoms with Gasteiger partial charge in [0.25, 0.3) is 0 Å². The minimum Gasteiger partial charge on any atom is -0.385 e. The van der Waals surface area contributed by atoms with E-state index in [-0.39, 0.29) is 0 Å². The number of aromatic nitrogens is 4. The van der Waals surface area contributed by atoms with Crippen molar-refractivity contribution in [3.8, 4) is 0 Å². The largest absolute Gasteiger partial charge is 0.385 e. The van der Waals surface area contributed by atoms with Crippen molar-refractivity contribution in [3.63, 3.8) is 0 Å². The maximum Gasteiger partial charge on any atom is 0.178 e. The minimum absolute atomic E-state index is 0.486. The van der Waals surface area contributed by atoms with Crippen LogP contribution in [0.3, 0.4) is 0 Å². The van der Waals surface area contributed by atoms with E-state index in [4.69, 9.17) is 4.74 Å². The van der Waals surface area contributed by atoms with Crippen LogP contribution in [0.2, 0.25) is 0 Å².